The van der Waals surface area contributed by atoms with Crippen LogP contribution < -0.4 is 4.72 Å². The zero-order chi connectivity index (χ0) is 20.2. The molecule has 8 heteroatoms. The summed E-state index contributed by atoms with van der Waals surface area (Å²) in [5, 5.41) is 11.5. The van der Waals surface area contributed by atoms with Crippen molar-refractivity contribution in [3.63, 3.8) is 0 Å². The van der Waals surface area contributed by atoms with Gasteiger partial charge in [0.15, 0.2) is 0 Å². The van der Waals surface area contributed by atoms with Gasteiger partial charge in [0, 0.05) is 24.7 Å². The van der Waals surface area contributed by atoms with Gasteiger partial charge in [0.25, 0.3) is 0 Å². The summed E-state index contributed by atoms with van der Waals surface area (Å²) in [4.78, 5) is 1.86. The van der Waals surface area contributed by atoms with Crippen LogP contribution in [0.1, 0.15) is 24.8 Å². The van der Waals surface area contributed by atoms with Gasteiger partial charge in [0.05, 0.1) is 5.60 Å². The van der Waals surface area contributed by atoms with Gasteiger partial charge in [-0.2, -0.15) is 0 Å². The summed E-state index contributed by atoms with van der Waals surface area (Å²) in [7, 11) is -3.85. The van der Waals surface area contributed by atoms with Gasteiger partial charge < -0.3 is 10.0 Å². The molecule has 2 aromatic rings. The number of nitrogens with zero attached hydrogens (tertiary/aromatic N) is 1. The van der Waals surface area contributed by atoms with E-state index in [1.54, 1.807) is 12.1 Å². The summed E-state index contributed by atoms with van der Waals surface area (Å²) in [6, 6.07) is 12.6. The van der Waals surface area contributed by atoms with Crippen molar-refractivity contribution in [1.82, 2.24) is 9.62 Å². The highest BCUT2D eigenvalue weighted by atomic mass is 35.5. The van der Waals surface area contributed by atoms with Crippen molar-refractivity contribution < 1.29 is 17.9 Å². The van der Waals surface area contributed by atoms with E-state index >= 15 is 0 Å². The Balaban J connectivity index is 1.45. The zero-order valence-corrected chi connectivity index (χ0v) is 17.0. The van der Waals surface area contributed by atoms with Gasteiger partial charge in [-0.05, 0) is 55.6 Å². The highest BCUT2D eigenvalue weighted by Gasteiger charge is 2.33. The summed E-state index contributed by atoms with van der Waals surface area (Å²) < 4.78 is 40.4. The SMILES string of the molecule is O=S(=O)(NCCCN1CCC(O)(c2ccc(Cl)cc2)CC1)c1ccccc1F. The van der Waals surface area contributed by atoms with E-state index in [1.165, 1.54) is 18.2 Å². The van der Waals surface area contributed by atoms with Crippen LogP contribution in [0, 0.1) is 5.82 Å². The van der Waals surface area contributed by atoms with Crippen molar-refractivity contribution in [3.05, 3.63) is 64.9 Å². The molecule has 2 N–H and O–H groups in total. The van der Waals surface area contributed by atoms with Crippen LogP contribution in [0.15, 0.2) is 53.4 Å². The molecule has 0 aliphatic carbocycles. The van der Waals surface area contributed by atoms with Gasteiger partial charge in [0.2, 0.25) is 10.0 Å². The Morgan fingerprint density at radius 1 is 1.11 bits per heavy atom. The standard InChI is InChI=1S/C20H24ClFN2O3S/c21-17-8-6-16(7-9-17)20(25)10-14-24(15-11-20)13-3-12-23-28(26,27)19-5-2-1-4-18(19)22/h1-2,4-9,23,25H,3,10-15H2. The second-order valence-electron chi connectivity index (χ2n) is 7.06. The molecule has 0 unspecified atom stereocenters. The van der Waals surface area contributed by atoms with Crippen molar-refractivity contribution in [2.75, 3.05) is 26.2 Å². The van der Waals surface area contributed by atoms with E-state index in [0.29, 0.717) is 30.8 Å². The molecule has 0 aromatic heterocycles. The molecule has 0 saturated carbocycles. The summed E-state index contributed by atoms with van der Waals surface area (Å²) in [6.07, 6.45) is 1.82. The average Bonchev–Trinajstić information content (AvgIpc) is 2.67. The lowest BCUT2D eigenvalue weighted by Gasteiger charge is -2.38. The largest absolute Gasteiger partial charge is 0.385 e. The molecule has 0 atom stereocenters. The Hall–Kier alpha value is -1.51. The fourth-order valence-electron chi connectivity index (χ4n) is 3.44. The number of hydrogen-bond acceptors (Lipinski definition) is 4. The third kappa shape index (κ3) is 5.10. The lowest BCUT2D eigenvalue weighted by atomic mass is 9.84. The van der Waals surface area contributed by atoms with Gasteiger partial charge in [-0.1, -0.05) is 35.9 Å². The van der Waals surface area contributed by atoms with E-state index in [1.807, 2.05) is 12.1 Å². The molecular formula is C20H24ClFN2O3S. The number of sulfonamides is 1. The highest BCUT2D eigenvalue weighted by Crippen LogP contribution is 2.33. The van der Waals surface area contributed by atoms with Crippen molar-refractivity contribution in [1.29, 1.82) is 0 Å². The normalized spacial score (nSPS) is 17.5. The smallest absolute Gasteiger partial charge is 0.243 e. The van der Waals surface area contributed by atoms with Crippen molar-refractivity contribution in [2.45, 2.75) is 29.8 Å². The van der Waals surface area contributed by atoms with Crippen molar-refractivity contribution >= 4 is 21.6 Å². The third-order valence-corrected chi connectivity index (χ3v) is 6.88. The molecule has 0 spiro atoms. The molecule has 1 aliphatic heterocycles. The number of likely N-dealkylation sites (tertiary alicyclic amines) is 1. The van der Waals surface area contributed by atoms with Gasteiger partial charge in [-0.15, -0.1) is 0 Å². The van der Waals surface area contributed by atoms with Crippen LogP contribution in [0.25, 0.3) is 0 Å². The molecule has 1 fully saturated rings. The van der Waals surface area contributed by atoms with E-state index < -0.39 is 21.4 Å². The number of hydrogen-bond donors (Lipinski definition) is 2. The Labute approximate surface area is 170 Å². The predicted octanol–water partition coefficient (Wildman–Crippen LogP) is 3.13. The fourth-order valence-corrected chi connectivity index (χ4v) is 4.72. The quantitative estimate of drug-likeness (QED) is 0.667. The first-order chi connectivity index (χ1) is 13.3. The van der Waals surface area contributed by atoms with Crippen LogP contribution in [0.4, 0.5) is 4.39 Å². The summed E-state index contributed by atoms with van der Waals surface area (Å²) in [5.74, 6) is -0.757. The maximum absolute atomic E-state index is 13.7. The molecule has 1 aliphatic rings. The zero-order valence-electron chi connectivity index (χ0n) is 15.4. The second kappa shape index (κ2) is 8.88. The van der Waals surface area contributed by atoms with Crippen LogP contribution in [0.2, 0.25) is 5.02 Å². The van der Waals surface area contributed by atoms with Gasteiger partial charge in [-0.3, -0.25) is 0 Å². The summed E-state index contributed by atoms with van der Waals surface area (Å²) in [6.45, 7) is 2.38. The summed E-state index contributed by atoms with van der Waals surface area (Å²) in [5.41, 5.74) is 0.0160. The molecule has 0 bridgehead atoms. The van der Waals surface area contributed by atoms with E-state index in [0.717, 1.165) is 24.7 Å². The number of rotatable bonds is 7. The number of aliphatic hydroxyl groups is 1. The molecule has 3 rings (SSSR count). The number of piperidine rings is 1. The van der Waals surface area contributed by atoms with Crippen molar-refractivity contribution in [3.8, 4) is 0 Å². The van der Waals surface area contributed by atoms with Gasteiger partial charge >= 0.3 is 0 Å². The molecule has 28 heavy (non-hydrogen) atoms. The van der Waals surface area contributed by atoms with Crippen molar-refractivity contribution in [2.24, 2.45) is 0 Å². The molecule has 152 valence electrons. The third-order valence-electron chi connectivity index (χ3n) is 5.13. The predicted molar refractivity (Wildman–Crippen MR) is 107 cm³/mol. The van der Waals surface area contributed by atoms with E-state index in [-0.39, 0.29) is 11.4 Å². The van der Waals surface area contributed by atoms with Gasteiger partial charge in [0.1, 0.15) is 10.7 Å². The number of benzene rings is 2. The first-order valence-electron chi connectivity index (χ1n) is 9.25. The van der Waals surface area contributed by atoms with Crippen LogP contribution in [0.3, 0.4) is 0 Å². The average molecular weight is 427 g/mol. The minimum absolute atomic E-state index is 0.231. The molecule has 0 amide bonds. The van der Waals surface area contributed by atoms with Gasteiger partial charge in [-0.25, -0.2) is 17.5 Å². The fraction of sp³-hybridized carbons (Fsp3) is 0.400. The first kappa shape index (κ1) is 21.2. The van der Waals surface area contributed by atoms with E-state index in [9.17, 15) is 17.9 Å². The minimum atomic E-state index is -3.85. The van der Waals surface area contributed by atoms with E-state index in [4.69, 9.17) is 11.6 Å². The Morgan fingerprint density at radius 2 is 1.75 bits per heavy atom. The first-order valence-corrected chi connectivity index (χ1v) is 11.1. The number of nitrogens with one attached hydrogen (secondary N) is 1. The summed E-state index contributed by atoms with van der Waals surface area (Å²) >= 11 is 5.91. The van der Waals surface area contributed by atoms with E-state index in [2.05, 4.69) is 9.62 Å². The second-order valence-corrected chi connectivity index (χ2v) is 9.23. The maximum Gasteiger partial charge on any atom is 0.243 e. The molecule has 1 saturated heterocycles. The van der Waals surface area contributed by atoms with Crippen LogP contribution >= 0.6 is 11.6 Å². The Kier molecular flexibility index (Phi) is 6.73. The highest BCUT2D eigenvalue weighted by molar-refractivity contribution is 7.89. The molecular weight excluding hydrogens is 403 g/mol. The number of halogens is 2. The van der Waals surface area contributed by atoms with Crippen LogP contribution in [0.5, 0.6) is 0 Å². The maximum atomic E-state index is 13.7. The lowest BCUT2D eigenvalue weighted by Crippen LogP contribution is -2.43. The molecule has 1 heterocycles. The Morgan fingerprint density at radius 3 is 2.39 bits per heavy atom. The minimum Gasteiger partial charge on any atom is -0.385 e. The monoisotopic (exact) mass is 426 g/mol. The molecule has 0 radical (unpaired) electrons. The molecule has 5 nitrogen and oxygen atoms in total. The molecule has 2 aromatic carbocycles. The topological polar surface area (TPSA) is 69.6 Å². The lowest BCUT2D eigenvalue weighted by molar-refractivity contribution is -0.0259. The Bertz CT molecular complexity index is 898. The van der Waals surface area contributed by atoms with Crippen LogP contribution in [-0.4, -0.2) is 44.6 Å². The van der Waals surface area contributed by atoms with Crippen LogP contribution in [-0.2, 0) is 15.6 Å².